The van der Waals surface area contributed by atoms with Gasteiger partial charge in [-0.15, -0.1) is 0 Å². The van der Waals surface area contributed by atoms with Crippen LogP contribution in [0.5, 0.6) is 5.75 Å². The minimum absolute atomic E-state index is 0.337. The third-order valence-electron chi connectivity index (χ3n) is 4.89. The van der Waals surface area contributed by atoms with E-state index in [1.165, 1.54) is 0 Å². The smallest absolute Gasteiger partial charge is 0.325 e. The maximum atomic E-state index is 12.8. The van der Waals surface area contributed by atoms with Crippen LogP contribution >= 0.6 is 11.6 Å². The van der Waals surface area contributed by atoms with Gasteiger partial charge in [-0.25, -0.2) is 4.79 Å². The third-order valence-corrected chi connectivity index (χ3v) is 5.15. The minimum Gasteiger partial charge on any atom is -0.497 e. The molecule has 1 saturated heterocycles. The van der Waals surface area contributed by atoms with Crippen molar-refractivity contribution in [2.45, 2.75) is 18.9 Å². The predicted molar refractivity (Wildman–Crippen MR) is 109 cm³/mol. The average molecular weight is 416 g/mol. The van der Waals surface area contributed by atoms with Crippen molar-refractivity contribution in [3.63, 3.8) is 0 Å². The summed E-state index contributed by atoms with van der Waals surface area (Å²) in [6.07, 6.45) is 0.623. The van der Waals surface area contributed by atoms with Gasteiger partial charge in [-0.2, -0.15) is 0 Å². The van der Waals surface area contributed by atoms with Gasteiger partial charge >= 0.3 is 6.03 Å². The number of hydrogen-bond acceptors (Lipinski definition) is 4. The Bertz CT molecular complexity index is 915. The molecule has 3 rings (SSSR count). The zero-order valence-corrected chi connectivity index (χ0v) is 17.0. The Morgan fingerprint density at radius 1 is 1.14 bits per heavy atom. The largest absolute Gasteiger partial charge is 0.497 e. The summed E-state index contributed by atoms with van der Waals surface area (Å²) in [5.74, 6) is -0.113. The molecule has 0 radical (unpaired) electrons. The fourth-order valence-electron chi connectivity index (χ4n) is 3.16. The monoisotopic (exact) mass is 415 g/mol. The molecule has 0 aliphatic carbocycles. The number of urea groups is 1. The van der Waals surface area contributed by atoms with E-state index in [1.807, 2.05) is 24.3 Å². The first-order valence-electron chi connectivity index (χ1n) is 9.13. The Morgan fingerprint density at radius 3 is 2.41 bits per heavy atom. The molecule has 4 amide bonds. The second-order valence-electron chi connectivity index (χ2n) is 6.90. The van der Waals surface area contributed by atoms with E-state index in [9.17, 15) is 14.4 Å². The highest BCUT2D eigenvalue weighted by molar-refractivity contribution is 6.30. The van der Waals surface area contributed by atoms with Crippen molar-refractivity contribution in [2.75, 3.05) is 20.2 Å². The van der Waals surface area contributed by atoms with Gasteiger partial charge in [-0.1, -0.05) is 35.9 Å². The summed E-state index contributed by atoms with van der Waals surface area (Å²) in [7, 11) is 1.60. The number of rotatable bonds is 7. The lowest BCUT2D eigenvalue weighted by Gasteiger charge is -2.22. The van der Waals surface area contributed by atoms with Crippen LogP contribution in [0.4, 0.5) is 4.79 Å². The second-order valence-corrected chi connectivity index (χ2v) is 7.34. The molecule has 1 atom stereocenters. The molecule has 29 heavy (non-hydrogen) atoms. The lowest BCUT2D eigenvalue weighted by molar-refractivity contribution is -0.134. The summed E-state index contributed by atoms with van der Waals surface area (Å²) in [6.45, 7) is 1.66. The molecule has 1 aliphatic heterocycles. The number of hydrogen-bond donors (Lipinski definition) is 2. The van der Waals surface area contributed by atoms with Gasteiger partial charge in [-0.3, -0.25) is 14.5 Å². The predicted octanol–water partition coefficient (Wildman–Crippen LogP) is 2.47. The highest BCUT2D eigenvalue weighted by Crippen LogP contribution is 2.29. The normalized spacial score (nSPS) is 18.5. The molecule has 2 aromatic rings. The molecule has 152 valence electrons. The van der Waals surface area contributed by atoms with Gasteiger partial charge in [0.2, 0.25) is 5.91 Å². The van der Waals surface area contributed by atoms with Gasteiger partial charge in [0.1, 0.15) is 17.8 Å². The Labute approximate surface area is 174 Å². The topological polar surface area (TPSA) is 87.7 Å². The molecule has 1 aliphatic rings. The molecule has 0 bridgehead atoms. The van der Waals surface area contributed by atoms with E-state index in [4.69, 9.17) is 16.3 Å². The van der Waals surface area contributed by atoms with Crippen molar-refractivity contribution >= 4 is 29.4 Å². The third kappa shape index (κ3) is 4.51. The Kier molecular flexibility index (Phi) is 6.08. The number of carbonyl (C=O) groups is 3. The van der Waals surface area contributed by atoms with Crippen molar-refractivity contribution in [1.29, 1.82) is 0 Å². The Hall–Kier alpha value is -3.06. The number of ether oxygens (including phenoxy) is 1. The summed E-state index contributed by atoms with van der Waals surface area (Å²) < 4.78 is 5.11. The highest BCUT2D eigenvalue weighted by atomic mass is 35.5. The summed E-state index contributed by atoms with van der Waals surface area (Å²) >= 11 is 5.89. The van der Waals surface area contributed by atoms with E-state index in [2.05, 4.69) is 10.6 Å². The lowest BCUT2D eigenvalue weighted by Crippen LogP contribution is -2.43. The van der Waals surface area contributed by atoms with E-state index in [0.29, 0.717) is 23.6 Å². The van der Waals surface area contributed by atoms with Crippen molar-refractivity contribution in [1.82, 2.24) is 15.5 Å². The van der Waals surface area contributed by atoms with Gasteiger partial charge in [0.25, 0.3) is 5.91 Å². The molecule has 1 heterocycles. The molecule has 8 heteroatoms. The molecule has 2 aromatic carbocycles. The van der Waals surface area contributed by atoms with Gasteiger partial charge < -0.3 is 15.4 Å². The van der Waals surface area contributed by atoms with Crippen LogP contribution in [0.2, 0.25) is 5.02 Å². The van der Waals surface area contributed by atoms with Crippen LogP contribution < -0.4 is 15.4 Å². The van der Waals surface area contributed by atoms with E-state index in [0.717, 1.165) is 16.2 Å². The molecule has 2 N–H and O–H groups in total. The van der Waals surface area contributed by atoms with Crippen LogP contribution in [0.25, 0.3) is 0 Å². The number of nitrogens with one attached hydrogen (secondary N) is 2. The molecule has 0 spiro atoms. The number of halogens is 1. The highest BCUT2D eigenvalue weighted by Gasteiger charge is 2.49. The fraction of sp³-hybridized carbons (Fsp3) is 0.286. The van der Waals surface area contributed by atoms with E-state index in [1.54, 1.807) is 38.3 Å². The number of nitrogens with zero attached hydrogens (tertiary/aromatic N) is 1. The first kappa shape index (κ1) is 20.7. The van der Waals surface area contributed by atoms with Gasteiger partial charge in [0.15, 0.2) is 0 Å². The molecule has 0 aromatic heterocycles. The Morgan fingerprint density at radius 2 is 1.79 bits per heavy atom. The average Bonchev–Trinajstić information content (AvgIpc) is 2.93. The second kappa shape index (κ2) is 8.53. The number of methoxy groups -OCH3 is 1. The van der Waals surface area contributed by atoms with Crippen LogP contribution in [0.1, 0.15) is 18.1 Å². The van der Waals surface area contributed by atoms with Crippen molar-refractivity contribution in [3.05, 3.63) is 64.7 Å². The maximum Gasteiger partial charge on any atom is 0.325 e. The number of imide groups is 1. The molecule has 0 unspecified atom stereocenters. The lowest BCUT2D eigenvalue weighted by atomic mass is 9.92. The summed E-state index contributed by atoms with van der Waals surface area (Å²) in [5.41, 5.74) is 0.407. The van der Waals surface area contributed by atoms with Gasteiger partial charge in [0.05, 0.1) is 7.11 Å². The zero-order chi connectivity index (χ0) is 21.0. The van der Waals surface area contributed by atoms with Crippen molar-refractivity contribution < 1.29 is 19.1 Å². The SMILES string of the molecule is COc1ccc(CCNC(=O)CN2C(=O)N[C@@](C)(c3ccc(Cl)cc3)C2=O)cc1. The van der Waals surface area contributed by atoms with Crippen LogP contribution in [0.15, 0.2) is 48.5 Å². The van der Waals surface area contributed by atoms with Crippen LogP contribution in [-0.2, 0) is 21.5 Å². The van der Waals surface area contributed by atoms with E-state index >= 15 is 0 Å². The summed E-state index contributed by atoms with van der Waals surface area (Å²) in [6, 6.07) is 13.6. The van der Waals surface area contributed by atoms with Crippen LogP contribution in [-0.4, -0.2) is 42.9 Å². The van der Waals surface area contributed by atoms with E-state index in [-0.39, 0.29) is 6.54 Å². The van der Waals surface area contributed by atoms with Gasteiger partial charge in [0, 0.05) is 11.6 Å². The van der Waals surface area contributed by atoms with E-state index < -0.39 is 23.4 Å². The molecule has 1 fully saturated rings. The molecule has 0 saturated carbocycles. The standard InChI is InChI=1S/C21H22ClN3O4/c1-21(15-5-7-16(22)8-6-15)19(27)25(20(28)24-21)13-18(26)23-12-11-14-3-9-17(29-2)10-4-14/h3-10H,11-13H2,1-2H3,(H,23,26)(H,24,28)/t21-/m0/s1. The minimum atomic E-state index is -1.23. The molecular formula is C21H22ClN3O4. The van der Waals surface area contributed by atoms with Crippen LogP contribution in [0.3, 0.4) is 0 Å². The molecular weight excluding hydrogens is 394 g/mol. The number of carbonyl (C=O) groups excluding carboxylic acids is 3. The van der Waals surface area contributed by atoms with Gasteiger partial charge in [-0.05, 0) is 48.7 Å². The zero-order valence-electron chi connectivity index (χ0n) is 16.2. The fourth-order valence-corrected chi connectivity index (χ4v) is 3.28. The quantitative estimate of drug-likeness (QED) is 0.680. The maximum absolute atomic E-state index is 12.8. The first-order chi connectivity index (χ1) is 13.8. The number of amides is 4. The van der Waals surface area contributed by atoms with Crippen molar-refractivity contribution in [3.8, 4) is 5.75 Å². The van der Waals surface area contributed by atoms with Crippen molar-refractivity contribution in [2.24, 2.45) is 0 Å². The number of benzene rings is 2. The molecule has 7 nitrogen and oxygen atoms in total. The van der Waals surface area contributed by atoms with Crippen LogP contribution in [0, 0.1) is 0 Å². The first-order valence-corrected chi connectivity index (χ1v) is 9.51. The summed E-state index contributed by atoms with van der Waals surface area (Å²) in [4.78, 5) is 38.3. The Balaban J connectivity index is 1.56. The summed E-state index contributed by atoms with van der Waals surface area (Å²) in [5, 5.41) is 5.94.